The van der Waals surface area contributed by atoms with Crippen molar-refractivity contribution in [2.24, 2.45) is 5.73 Å². The zero-order chi connectivity index (χ0) is 83.9. The molecule has 120 heavy (non-hydrogen) atoms. The fourth-order valence-corrected chi connectivity index (χ4v) is 13.4. The molecule has 1 aliphatic carbocycles. The van der Waals surface area contributed by atoms with Crippen LogP contribution in [0.15, 0.2) is 231 Å². The summed E-state index contributed by atoms with van der Waals surface area (Å²) in [7, 11) is 1.68. The summed E-state index contributed by atoms with van der Waals surface area (Å²) in [5, 5.41) is 56.3. The van der Waals surface area contributed by atoms with Crippen LogP contribution in [0.4, 0.5) is 105 Å². The predicted molar refractivity (Wildman–Crippen MR) is 428 cm³/mol. The number of alkyl halides is 12. The molecule has 37 heteroatoms. The van der Waals surface area contributed by atoms with Gasteiger partial charge in [0.15, 0.2) is 52.4 Å². The standard InChI is InChI=1S/C24H23F3N6.C21H14F3N7.C19H15F3N6.C19H11F3N6/c25-24(26,27)17-10-4-1-7-14(17)22-29-20(15-8-2-5-11-18(15)28)13-21(30-22)31-23-16-9-3-6-12-19(16)32-33-23;22-21(23,24)14-7-3-1-5-12(14)19-27-16(17-10-25-11-26-17)9-18(28-19)29-20-13-6-2-4-8-15(13)30-31-20;1-23-15-10-24-16(11-6-2-4-8-13(11)19(20,21)22)25-18(15)26-17-12-7-3-5-9-14(12)27-28-17;20-19(21,22)14-7-3-1-5-12(14)17-24-11(10-23)9-16(25-17)26-18-13-6-2-4-8-15(13)27-28-18/h1,3-4,6-7,9-10,12-13,15,18H,2,5,8,11,28H2,(H2,29,30,31,32,33);1-11H,(H,25,26)(H2,27,28,29,30,31);2-10,23H,1H3,(H2,24,25,26,27,28);1-9H,(H2,24,25,26,27,28). The summed E-state index contributed by atoms with van der Waals surface area (Å²) < 4.78 is 162. The van der Waals surface area contributed by atoms with Crippen LogP contribution in [0.1, 0.15) is 65.2 Å². The first-order chi connectivity index (χ1) is 57.8. The molecule has 17 aromatic rings. The summed E-state index contributed by atoms with van der Waals surface area (Å²) in [5.41, 5.74) is 7.96. The molecule has 25 nitrogen and oxygen atoms in total. The summed E-state index contributed by atoms with van der Waals surface area (Å²) in [6.45, 7) is 0. The number of hydrogen-bond donors (Lipinski definition) is 11. The molecule has 0 amide bonds. The minimum absolute atomic E-state index is 0.0144. The first-order valence-electron chi connectivity index (χ1n) is 36.6. The Labute approximate surface area is 670 Å². The number of fused-ring (bicyclic) bond motifs is 4. The number of para-hydroxylation sites is 4. The van der Waals surface area contributed by atoms with Gasteiger partial charge in [-0.1, -0.05) is 134 Å². The Balaban J connectivity index is 0.000000125. The number of nitrogens with two attached hydrogens (primary N) is 1. The summed E-state index contributed by atoms with van der Waals surface area (Å²) in [6, 6.07) is 57.2. The van der Waals surface area contributed by atoms with Gasteiger partial charge in [0.1, 0.15) is 29.2 Å². The molecule has 9 heterocycles. The molecule has 0 bridgehead atoms. The van der Waals surface area contributed by atoms with Gasteiger partial charge in [0.25, 0.3) is 0 Å². The minimum atomic E-state index is -4.57. The summed E-state index contributed by atoms with van der Waals surface area (Å²) >= 11 is 0. The quantitative estimate of drug-likeness (QED) is 0.0425. The Hall–Kier alpha value is -15.2. The molecular formula is C83H63F12N25. The number of aromatic amines is 5. The van der Waals surface area contributed by atoms with Gasteiger partial charge in [-0.15, -0.1) is 0 Å². The second kappa shape index (κ2) is 33.9. The van der Waals surface area contributed by atoms with Gasteiger partial charge < -0.3 is 37.3 Å². The topological polar surface area (TPSA) is 356 Å². The molecule has 1 fully saturated rings. The molecule has 18 rings (SSSR count). The van der Waals surface area contributed by atoms with Gasteiger partial charge in [0.2, 0.25) is 0 Å². The van der Waals surface area contributed by atoms with Gasteiger partial charge in [-0.2, -0.15) is 78.3 Å². The number of aromatic nitrogens is 18. The van der Waals surface area contributed by atoms with Crippen LogP contribution in [0.25, 0.3) is 101 Å². The number of anilines is 9. The number of rotatable bonds is 15. The average Bonchev–Trinajstić information content (AvgIpc) is 1.62. The lowest BCUT2D eigenvalue weighted by atomic mass is 9.83. The maximum absolute atomic E-state index is 13.7. The number of nitrogens with one attached hydrogen (secondary N) is 10. The van der Waals surface area contributed by atoms with Crippen molar-refractivity contribution in [1.29, 1.82) is 5.26 Å². The Morgan fingerprint density at radius 1 is 0.400 bits per heavy atom. The highest BCUT2D eigenvalue weighted by Crippen LogP contribution is 2.43. The Morgan fingerprint density at radius 2 is 0.775 bits per heavy atom. The van der Waals surface area contributed by atoms with E-state index in [1.165, 1.54) is 91.5 Å². The van der Waals surface area contributed by atoms with Gasteiger partial charge >= 0.3 is 24.7 Å². The number of nitriles is 1. The Bertz CT molecular complexity index is 6540. The van der Waals surface area contributed by atoms with Crippen LogP contribution in [-0.2, 0) is 24.7 Å². The van der Waals surface area contributed by atoms with E-state index in [1.807, 2.05) is 103 Å². The van der Waals surface area contributed by atoms with E-state index in [9.17, 15) is 57.9 Å². The molecule has 0 spiro atoms. The molecule has 8 aromatic carbocycles. The van der Waals surface area contributed by atoms with Crippen molar-refractivity contribution in [2.75, 3.05) is 33.6 Å². The first kappa shape index (κ1) is 80.0. The maximum Gasteiger partial charge on any atom is 0.417 e. The minimum Gasteiger partial charge on any atom is -0.384 e. The van der Waals surface area contributed by atoms with E-state index in [0.29, 0.717) is 63.5 Å². The Kier molecular flexibility index (Phi) is 22.6. The van der Waals surface area contributed by atoms with Crippen LogP contribution < -0.4 is 32.3 Å². The number of halogens is 12. The van der Waals surface area contributed by atoms with E-state index in [4.69, 9.17) is 5.73 Å². The van der Waals surface area contributed by atoms with E-state index < -0.39 is 47.0 Å². The highest BCUT2D eigenvalue weighted by molar-refractivity contribution is 5.95. The zero-order valence-electron chi connectivity index (χ0n) is 62.3. The van der Waals surface area contributed by atoms with Gasteiger partial charge in [0.05, 0.1) is 85.8 Å². The Morgan fingerprint density at radius 3 is 1.18 bits per heavy atom. The molecule has 9 aromatic heterocycles. The number of hydrogen-bond acceptors (Lipinski definition) is 20. The third kappa shape index (κ3) is 17.9. The van der Waals surface area contributed by atoms with Gasteiger partial charge in [-0.25, -0.2) is 44.9 Å². The van der Waals surface area contributed by atoms with Crippen molar-refractivity contribution >= 4 is 95.8 Å². The van der Waals surface area contributed by atoms with Crippen LogP contribution in [0.2, 0.25) is 0 Å². The average molecular weight is 1640 g/mol. The van der Waals surface area contributed by atoms with Crippen molar-refractivity contribution in [1.82, 2.24) is 90.6 Å². The lowest BCUT2D eigenvalue weighted by Crippen LogP contribution is -2.32. The number of H-pyrrole nitrogens is 5. The fourth-order valence-electron chi connectivity index (χ4n) is 13.4. The van der Waals surface area contributed by atoms with E-state index >= 15 is 0 Å². The van der Waals surface area contributed by atoms with E-state index in [0.717, 1.165) is 93.6 Å². The molecule has 2 atom stereocenters. The SMILES string of the molecule is CNc1cnc(-c2ccccc2C(F)(F)F)nc1Nc1n[nH]c2ccccc12.FC(F)(F)c1ccccc1-c1nc(Nc2n[nH]c3ccccc23)cc(-c2cnc[nH]2)n1.N#Cc1cc(Nc2n[nH]c3ccccc23)nc(-c2ccccc2C(F)(F)F)n1.NC1CCCCC1c1cc(Nc2n[nH]c3ccccc23)nc(-c2ccccc2C(F)(F)F)n1. The lowest BCUT2D eigenvalue weighted by molar-refractivity contribution is -0.137. The van der Waals surface area contributed by atoms with E-state index in [-0.39, 0.29) is 69.0 Å². The number of benzene rings is 8. The zero-order valence-corrected chi connectivity index (χ0v) is 62.3. The van der Waals surface area contributed by atoms with E-state index in [2.05, 4.69) is 117 Å². The number of nitrogens with zero attached hydrogens (tertiary/aromatic N) is 14. The van der Waals surface area contributed by atoms with E-state index in [1.54, 1.807) is 25.2 Å². The van der Waals surface area contributed by atoms with Crippen LogP contribution in [0.3, 0.4) is 0 Å². The smallest absolute Gasteiger partial charge is 0.384 e. The van der Waals surface area contributed by atoms with Gasteiger partial charge in [-0.3, -0.25) is 20.4 Å². The van der Waals surface area contributed by atoms with Crippen LogP contribution in [0.5, 0.6) is 0 Å². The monoisotopic (exact) mass is 1640 g/mol. The fraction of sp³-hybridized carbons (Fsp3) is 0.133. The van der Waals surface area contributed by atoms with Crippen molar-refractivity contribution in [3.8, 4) is 63.0 Å². The van der Waals surface area contributed by atoms with Crippen LogP contribution >= 0.6 is 0 Å². The second-order valence-electron chi connectivity index (χ2n) is 26.9. The molecule has 1 saturated carbocycles. The highest BCUT2D eigenvalue weighted by atomic mass is 19.4. The molecule has 0 saturated heterocycles. The molecule has 2 unspecified atom stereocenters. The van der Waals surface area contributed by atoms with Crippen LogP contribution in [0, 0.1) is 11.3 Å². The molecule has 604 valence electrons. The molecular weight excluding hydrogens is 1580 g/mol. The third-order valence-electron chi connectivity index (χ3n) is 19.1. The molecule has 0 radical (unpaired) electrons. The third-order valence-corrected chi connectivity index (χ3v) is 19.1. The highest BCUT2D eigenvalue weighted by Gasteiger charge is 2.38. The van der Waals surface area contributed by atoms with Gasteiger partial charge in [-0.05, 0) is 85.6 Å². The second-order valence-corrected chi connectivity index (χ2v) is 26.9. The largest absolute Gasteiger partial charge is 0.417 e. The van der Waals surface area contributed by atoms with Crippen molar-refractivity contribution in [2.45, 2.75) is 62.3 Å². The van der Waals surface area contributed by atoms with Crippen molar-refractivity contribution in [3.05, 3.63) is 265 Å². The van der Waals surface area contributed by atoms with Crippen molar-refractivity contribution < 1.29 is 52.7 Å². The molecule has 0 aliphatic heterocycles. The summed E-state index contributed by atoms with van der Waals surface area (Å²) in [4.78, 5) is 41.2. The van der Waals surface area contributed by atoms with Gasteiger partial charge in [0, 0.05) is 81.0 Å². The maximum atomic E-state index is 13.7. The molecule has 12 N–H and O–H groups in total. The number of imidazole rings is 1. The normalized spacial score (nSPS) is 13.6. The summed E-state index contributed by atoms with van der Waals surface area (Å²) in [5.74, 6) is 2.82. The summed E-state index contributed by atoms with van der Waals surface area (Å²) in [6.07, 6.45) is -9.97. The molecule has 1 aliphatic rings. The predicted octanol–water partition coefficient (Wildman–Crippen LogP) is 20.4. The lowest BCUT2D eigenvalue weighted by Gasteiger charge is -2.28. The van der Waals surface area contributed by atoms with Crippen molar-refractivity contribution in [3.63, 3.8) is 0 Å². The first-order valence-corrected chi connectivity index (χ1v) is 36.6. The van der Waals surface area contributed by atoms with Crippen LogP contribution in [-0.4, -0.2) is 104 Å².